The summed E-state index contributed by atoms with van der Waals surface area (Å²) >= 11 is 3.64. The summed E-state index contributed by atoms with van der Waals surface area (Å²) in [6, 6.07) is 0. The second-order valence-electron chi connectivity index (χ2n) is 4.75. The highest BCUT2D eigenvalue weighted by Gasteiger charge is 2.33. The molecule has 1 aliphatic carbocycles. The molecular formula is C12H23BrO. The van der Waals surface area contributed by atoms with Crippen LogP contribution in [0.3, 0.4) is 0 Å². The molecule has 84 valence electrons. The van der Waals surface area contributed by atoms with Gasteiger partial charge < -0.3 is 4.74 Å². The highest BCUT2D eigenvalue weighted by molar-refractivity contribution is 9.09. The quantitative estimate of drug-likeness (QED) is 0.654. The first-order valence-electron chi connectivity index (χ1n) is 5.90. The largest absolute Gasteiger partial charge is 0.378 e. The Kier molecular flexibility index (Phi) is 5.47. The van der Waals surface area contributed by atoms with Crippen molar-refractivity contribution in [2.75, 3.05) is 11.9 Å². The molecule has 1 atom stereocenters. The van der Waals surface area contributed by atoms with Crippen LogP contribution in [0.4, 0.5) is 0 Å². The van der Waals surface area contributed by atoms with Crippen molar-refractivity contribution in [3.63, 3.8) is 0 Å². The molecule has 14 heavy (non-hydrogen) atoms. The van der Waals surface area contributed by atoms with E-state index >= 15 is 0 Å². The van der Waals surface area contributed by atoms with Gasteiger partial charge in [-0.25, -0.2) is 0 Å². The van der Waals surface area contributed by atoms with Crippen molar-refractivity contribution >= 4 is 15.9 Å². The molecule has 0 aromatic carbocycles. The molecule has 1 unspecified atom stereocenters. The maximum atomic E-state index is 5.93. The smallest absolute Gasteiger partial charge is 0.0547 e. The van der Waals surface area contributed by atoms with E-state index in [0.717, 1.165) is 11.9 Å². The summed E-state index contributed by atoms with van der Waals surface area (Å²) in [5.41, 5.74) is 0.460. The molecule has 0 saturated heterocycles. The minimum absolute atomic E-state index is 0.441. The minimum Gasteiger partial charge on any atom is -0.378 e. The van der Waals surface area contributed by atoms with Crippen LogP contribution in [0.1, 0.15) is 52.4 Å². The summed E-state index contributed by atoms with van der Waals surface area (Å²) in [6.07, 6.45) is 8.32. The van der Waals surface area contributed by atoms with Gasteiger partial charge in [0, 0.05) is 10.7 Å². The van der Waals surface area contributed by atoms with Gasteiger partial charge in [-0.15, -0.1) is 0 Å². The van der Waals surface area contributed by atoms with Crippen LogP contribution in [-0.4, -0.2) is 18.0 Å². The maximum absolute atomic E-state index is 5.93. The van der Waals surface area contributed by atoms with Crippen LogP contribution >= 0.6 is 15.9 Å². The van der Waals surface area contributed by atoms with Gasteiger partial charge in [0.1, 0.15) is 0 Å². The first-order valence-corrected chi connectivity index (χ1v) is 7.02. The molecule has 1 saturated carbocycles. The summed E-state index contributed by atoms with van der Waals surface area (Å²) in [6.45, 7) is 5.37. The predicted octanol–water partition coefficient (Wildman–Crippen LogP) is 4.15. The standard InChI is InChI=1S/C12H23BrO/c1-3-6-11(2)14-10-12(9-13)7-4-5-8-12/h11H,3-10H2,1-2H3. The van der Waals surface area contributed by atoms with Crippen molar-refractivity contribution in [3.8, 4) is 0 Å². The zero-order chi connectivity index (χ0) is 10.4. The molecule has 1 nitrogen and oxygen atoms in total. The van der Waals surface area contributed by atoms with E-state index in [-0.39, 0.29) is 0 Å². The molecule has 0 aliphatic heterocycles. The number of hydrogen-bond acceptors (Lipinski definition) is 1. The van der Waals surface area contributed by atoms with E-state index in [1.54, 1.807) is 0 Å². The molecular weight excluding hydrogens is 240 g/mol. The van der Waals surface area contributed by atoms with Gasteiger partial charge in [0.25, 0.3) is 0 Å². The number of alkyl halides is 1. The second kappa shape index (κ2) is 6.12. The average molecular weight is 263 g/mol. The molecule has 0 radical (unpaired) electrons. The lowest BCUT2D eigenvalue weighted by molar-refractivity contribution is 0.00607. The Hall–Kier alpha value is 0.440. The topological polar surface area (TPSA) is 9.23 Å². The van der Waals surface area contributed by atoms with Crippen molar-refractivity contribution < 1.29 is 4.74 Å². The highest BCUT2D eigenvalue weighted by atomic mass is 79.9. The van der Waals surface area contributed by atoms with E-state index in [0.29, 0.717) is 11.5 Å². The van der Waals surface area contributed by atoms with Gasteiger partial charge in [-0.1, -0.05) is 42.1 Å². The lowest BCUT2D eigenvalue weighted by Crippen LogP contribution is -2.27. The fourth-order valence-electron chi connectivity index (χ4n) is 2.25. The molecule has 0 aromatic rings. The zero-order valence-corrected chi connectivity index (χ0v) is 11.1. The molecule has 0 spiro atoms. The van der Waals surface area contributed by atoms with Crippen molar-refractivity contribution in [3.05, 3.63) is 0 Å². The average Bonchev–Trinajstić information content (AvgIpc) is 2.65. The van der Waals surface area contributed by atoms with E-state index < -0.39 is 0 Å². The molecule has 0 amide bonds. The summed E-state index contributed by atoms with van der Waals surface area (Å²) in [5, 5.41) is 1.11. The van der Waals surface area contributed by atoms with Gasteiger partial charge >= 0.3 is 0 Å². The van der Waals surface area contributed by atoms with Gasteiger partial charge in [0.05, 0.1) is 12.7 Å². The fraction of sp³-hybridized carbons (Fsp3) is 1.00. The molecule has 0 N–H and O–H groups in total. The van der Waals surface area contributed by atoms with Crippen molar-refractivity contribution in [2.45, 2.75) is 58.5 Å². The van der Waals surface area contributed by atoms with Gasteiger partial charge in [0.15, 0.2) is 0 Å². The van der Waals surface area contributed by atoms with Gasteiger partial charge in [-0.3, -0.25) is 0 Å². The van der Waals surface area contributed by atoms with E-state index in [4.69, 9.17) is 4.74 Å². The summed E-state index contributed by atoms with van der Waals surface area (Å²) < 4.78 is 5.93. The van der Waals surface area contributed by atoms with E-state index in [1.165, 1.54) is 38.5 Å². The van der Waals surface area contributed by atoms with E-state index in [2.05, 4.69) is 29.8 Å². The third-order valence-corrected chi connectivity index (χ3v) is 4.51. The molecule has 1 rings (SSSR count). The number of ether oxygens (including phenoxy) is 1. The van der Waals surface area contributed by atoms with Gasteiger partial charge in [0.2, 0.25) is 0 Å². The Morgan fingerprint density at radius 3 is 2.50 bits per heavy atom. The lowest BCUT2D eigenvalue weighted by Gasteiger charge is -2.28. The van der Waals surface area contributed by atoms with Crippen LogP contribution in [-0.2, 0) is 4.74 Å². The molecule has 0 aromatic heterocycles. The van der Waals surface area contributed by atoms with Crippen molar-refractivity contribution in [1.82, 2.24) is 0 Å². The van der Waals surface area contributed by atoms with Crippen LogP contribution in [0, 0.1) is 5.41 Å². The molecule has 0 heterocycles. The van der Waals surface area contributed by atoms with Crippen LogP contribution in [0.15, 0.2) is 0 Å². The summed E-state index contributed by atoms with van der Waals surface area (Å²) in [5.74, 6) is 0. The summed E-state index contributed by atoms with van der Waals surface area (Å²) in [7, 11) is 0. The van der Waals surface area contributed by atoms with Gasteiger partial charge in [-0.05, 0) is 26.2 Å². The Morgan fingerprint density at radius 1 is 1.36 bits per heavy atom. The fourth-order valence-corrected chi connectivity index (χ4v) is 2.97. The number of halogens is 1. The van der Waals surface area contributed by atoms with Crippen molar-refractivity contribution in [2.24, 2.45) is 5.41 Å². The van der Waals surface area contributed by atoms with Crippen LogP contribution in [0.5, 0.6) is 0 Å². The van der Waals surface area contributed by atoms with E-state index in [9.17, 15) is 0 Å². The summed E-state index contributed by atoms with van der Waals surface area (Å²) in [4.78, 5) is 0. The van der Waals surface area contributed by atoms with Crippen LogP contribution in [0.2, 0.25) is 0 Å². The third kappa shape index (κ3) is 3.54. The molecule has 1 aliphatic rings. The normalized spacial score (nSPS) is 22.5. The Bertz CT molecular complexity index is 152. The number of hydrogen-bond donors (Lipinski definition) is 0. The molecule has 1 fully saturated rings. The first-order chi connectivity index (χ1) is 6.72. The van der Waals surface area contributed by atoms with Crippen LogP contribution < -0.4 is 0 Å². The van der Waals surface area contributed by atoms with Crippen molar-refractivity contribution in [1.29, 1.82) is 0 Å². The number of rotatable bonds is 6. The van der Waals surface area contributed by atoms with E-state index in [1.807, 2.05) is 0 Å². The Morgan fingerprint density at radius 2 is 2.00 bits per heavy atom. The highest BCUT2D eigenvalue weighted by Crippen LogP contribution is 2.40. The minimum atomic E-state index is 0.441. The second-order valence-corrected chi connectivity index (χ2v) is 5.31. The first kappa shape index (κ1) is 12.5. The molecule has 0 bridgehead atoms. The third-order valence-electron chi connectivity index (χ3n) is 3.32. The Balaban J connectivity index is 2.27. The zero-order valence-electron chi connectivity index (χ0n) is 9.52. The predicted molar refractivity (Wildman–Crippen MR) is 65.0 cm³/mol. The molecule has 2 heteroatoms. The lowest BCUT2D eigenvalue weighted by atomic mass is 9.90. The monoisotopic (exact) mass is 262 g/mol. The maximum Gasteiger partial charge on any atom is 0.0547 e. The van der Waals surface area contributed by atoms with Crippen LogP contribution in [0.25, 0.3) is 0 Å². The Labute approximate surface area is 96.7 Å². The SMILES string of the molecule is CCCC(C)OCC1(CBr)CCCC1. The van der Waals surface area contributed by atoms with Gasteiger partial charge in [-0.2, -0.15) is 0 Å².